The molecule has 0 aliphatic heterocycles. The summed E-state index contributed by atoms with van der Waals surface area (Å²) >= 11 is 0. The molecule has 0 aliphatic rings. The monoisotopic (exact) mass is 855 g/mol. The number of benzene rings is 5. The predicted molar refractivity (Wildman–Crippen MR) is 243 cm³/mol. The molecule has 14 nitrogen and oxygen atoms in total. The number of aryl methyl sites for hydroxylation is 2. The van der Waals surface area contributed by atoms with Crippen LogP contribution in [0.4, 0.5) is 11.4 Å². The summed E-state index contributed by atoms with van der Waals surface area (Å²) < 4.78 is 25.1. The minimum atomic E-state index is -1.05. The smallest absolute Gasteiger partial charge is 0.340 e. The first kappa shape index (κ1) is 41.1. The molecule has 14 heteroatoms. The average molecular weight is 856 g/mol. The third-order valence-electron chi connectivity index (χ3n) is 11.1. The molecule has 64 heavy (non-hydrogen) atoms. The Bertz CT molecular complexity index is 3390. The summed E-state index contributed by atoms with van der Waals surface area (Å²) in [6.07, 6.45) is 4.73. The first-order chi connectivity index (χ1) is 30.9. The minimum absolute atomic E-state index is 0.0355. The van der Waals surface area contributed by atoms with Gasteiger partial charge >= 0.3 is 11.9 Å². The van der Waals surface area contributed by atoms with Crippen LogP contribution < -0.4 is 21.5 Å². The summed E-state index contributed by atoms with van der Waals surface area (Å²) in [6.45, 7) is 7.93. The molecule has 4 aromatic heterocycles. The van der Waals surface area contributed by atoms with Crippen molar-refractivity contribution in [3.05, 3.63) is 176 Å². The summed E-state index contributed by atoms with van der Waals surface area (Å²) in [5, 5.41) is 26.5. The van der Waals surface area contributed by atoms with Crippen molar-refractivity contribution in [2.24, 2.45) is 0 Å². The van der Waals surface area contributed by atoms with E-state index in [0.29, 0.717) is 72.6 Å². The zero-order chi connectivity index (χ0) is 44.6. The Morgan fingerprint density at radius 3 is 1.91 bits per heavy atom. The number of nitrogens with one attached hydrogen (secondary N) is 2. The second-order valence-corrected chi connectivity index (χ2v) is 15.8. The number of hydrogen-bond donors (Lipinski definition) is 3. The number of aromatic nitrogens is 3. The van der Waals surface area contributed by atoms with E-state index in [1.165, 1.54) is 30.7 Å². The molecule has 4 heterocycles. The quantitative estimate of drug-likeness (QED) is 0.0929. The van der Waals surface area contributed by atoms with Crippen molar-refractivity contribution in [1.29, 1.82) is 0 Å². The zero-order valence-corrected chi connectivity index (χ0v) is 35.2. The lowest BCUT2D eigenvalue weighted by Crippen LogP contribution is -2.15. The van der Waals surface area contributed by atoms with Crippen LogP contribution in [0.25, 0.3) is 55.5 Å². The maximum absolute atomic E-state index is 13.6. The van der Waals surface area contributed by atoms with E-state index >= 15 is 0 Å². The van der Waals surface area contributed by atoms with Crippen molar-refractivity contribution in [2.45, 2.75) is 46.3 Å². The number of hydrogen-bond acceptors (Lipinski definition) is 12. The molecule has 9 aromatic rings. The van der Waals surface area contributed by atoms with Gasteiger partial charge in [-0.15, -0.1) is 0 Å². The van der Waals surface area contributed by atoms with E-state index in [1.54, 1.807) is 53.2 Å². The Kier molecular flexibility index (Phi) is 10.9. The molecule has 9 rings (SSSR count). The van der Waals surface area contributed by atoms with Gasteiger partial charge in [-0.2, -0.15) is 5.10 Å². The maximum Gasteiger partial charge on any atom is 0.340 e. The third-order valence-corrected chi connectivity index (χ3v) is 11.1. The van der Waals surface area contributed by atoms with E-state index in [1.807, 2.05) is 70.3 Å². The molecule has 0 bridgehead atoms. The molecular formula is C50H41N5O9. The van der Waals surface area contributed by atoms with Crippen LogP contribution in [0.2, 0.25) is 0 Å². The second kappa shape index (κ2) is 16.9. The second-order valence-electron chi connectivity index (χ2n) is 15.8. The number of carbonyl (C=O) groups is 2. The number of carboxylic acids is 1. The van der Waals surface area contributed by atoms with Crippen molar-refractivity contribution >= 4 is 56.2 Å². The van der Waals surface area contributed by atoms with E-state index in [4.69, 9.17) is 18.1 Å². The van der Waals surface area contributed by atoms with E-state index in [2.05, 4.69) is 20.9 Å². The summed E-state index contributed by atoms with van der Waals surface area (Å²) in [4.78, 5) is 52.2. The number of rotatable bonds is 13. The molecule has 0 fully saturated rings. The number of fused-ring (bicyclic) bond motifs is 3. The molecule has 0 radical (unpaired) electrons. The average Bonchev–Trinajstić information content (AvgIpc) is 3.97. The van der Waals surface area contributed by atoms with Crippen LogP contribution in [-0.2, 0) is 11.3 Å². The number of carbonyl (C=O) groups excluding carboxylic acids is 1. The number of esters is 1. The largest absolute Gasteiger partial charge is 0.478 e. The van der Waals surface area contributed by atoms with Gasteiger partial charge in [0.05, 0.1) is 57.8 Å². The first-order valence-electron chi connectivity index (χ1n) is 20.6. The Balaban J connectivity index is 0.908. The number of ether oxygens (including phenoxy) is 1. The van der Waals surface area contributed by atoms with Crippen LogP contribution in [-0.4, -0.2) is 38.6 Å². The van der Waals surface area contributed by atoms with Crippen molar-refractivity contribution < 1.29 is 32.8 Å². The molecule has 0 spiro atoms. The van der Waals surface area contributed by atoms with Gasteiger partial charge in [0, 0.05) is 51.8 Å². The van der Waals surface area contributed by atoms with Gasteiger partial charge < -0.3 is 33.8 Å². The molecule has 0 saturated heterocycles. The Morgan fingerprint density at radius 1 is 0.734 bits per heavy atom. The number of para-hydroxylation sites is 2. The van der Waals surface area contributed by atoms with Crippen LogP contribution in [0.1, 0.15) is 68.9 Å². The lowest BCUT2D eigenvalue weighted by molar-refractivity contribution is 0.0488. The Morgan fingerprint density at radius 2 is 1.31 bits per heavy atom. The highest BCUT2D eigenvalue weighted by atomic mass is 16.5. The molecule has 320 valence electrons. The fourth-order valence-electron chi connectivity index (χ4n) is 7.98. The van der Waals surface area contributed by atoms with E-state index in [9.17, 15) is 24.3 Å². The van der Waals surface area contributed by atoms with E-state index in [-0.39, 0.29) is 35.6 Å². The van der Waals surface area contributed by atoms with Crippen LogP contribution in [0.5, 0.6) is 0 Å². The van der Waals surface area contributed by atoms with Crippen molar-refractivity contribution in [2.75, 3.05) is 17.2 Å². The SMILES string of the molecule is Cc1cc(C(C)Nc2ccccc2C(=O)OCCn2cc3cc(-c4cc(=O)c5cc(C)cc([C@@H](C)Nc6ccccc6C(=O)O)c5o4)ccc3n2)c2oc(-c3cnoc3)cc(=O)c2c1. The number of aromatic carboxylic acids is 1. The zero-order valence-electron chi connectivity index (χ0n) is 35.2. The predicted octanol–water partition coefficient (Wildman–Crippen LogP) is 10.1. The van der Waals surface area contributed by atoms with Gasteiger partial charge in [0.2, 0.25) is 0 Å². The van der Waals surface area contributed by atoms with Gasteiger partial charge in [0.25, 0.3) is 0 Å². The van der Waals surface area contributed by atoms with Crippen LogP contribution in [0, 0.1) is 13.8 Å². The van der Waals surface area contributed by atoms with Crippen molar-refractivity contribution in [3.63, 3.8) is 0 Å². The Hall–Kier alpha value is -8.26. The van der Waals surface area contributed by atoms with Crippen molar-refractivity contribution in [3.8, 4) is 22.6 Å². The van der Waals surface area contributed by atoms with Crippen LogP contribution in [0.15, 0.2) is 145 Å². The Labute approximate surface area is 364 Å². The van der Waals surface area contributed by atoms with Gasteiger partial charge in [-0.3, -0.25) is 14.3 Å². The molecule has 0 saturated carbocycles. The lowest BCUT2D eigenvalue weighted by atomic mass is 10.00. The lowest BCUT2D eigenvalue weighted by Gasteiger charge is -2.20. The van der Waals surface area contributed by atoms with Gasteiger partial charge in [-0.05, 0) is 93.4 Å². The summed E-state index contributed by atoms with van der Waals surface area (Å²) in [5.41, 5.74) is 6.94. The number of nitrogens with zero attached hydrogens (tertiary/aromatic N) is 3. The van der Waals surface area contributed by atoms with E-state index < -0.39 is 18.0 Å². The normalized spacial score (nSPS) is 12.4. The van der Waals surface area contributed by atoms with E-state index in [0.717, 1.165) is 22.1 Å². The third kappa shape index (κ3) is 8.11. The highest BCUT2D eigenvalue weighted by Crippen LogP contribution is 2.34. The topological polar surface area (TPSA) is 192 Å². The van der Waals surface area contributed by atoms with Gasteiger partial charge in [-0.1, -0.05) is 41.6 Å². The summed E-state index contributed by atoms with van der Waals surface area (Å²) in [5.74, 6) is -0.883. The molecule has 0 amide bonds. The van der Waals surface area contributed by atoms with Gasteiger partial charge in [-0.25, -0.2) is 9.59 Å². The number of carboxylic acid groups (broad SMARTS) is 1. The first-order valence-corrected chi connectivity index (χ1v) is 20.6. The number of anilines is 2. The molecular weight excluding hydrogens is 815 g/mol. The minimum Gasteiger partial charge on any atom is -0.478 e. The standard InChI is InChI=1S/C50H41N5O9/c1-27-17-36(29(3)52-41-11-7-5-9-34(41)49(58)59)47-38(19-27)43(56)22-45(63-47)31-13-14-40-32(21-31)25-55(54-40)15-16-61-50(60)35-10-6-8-12-42(35)53-30(4)37-18-28(2)20-39-44(57)23-46(64-48(37)39)33-24-51-62-26-33/h5-14,17-26,29-30,52-53H,15-16H2,1-4H3,(H,58,59)/t29-,30?/m1/s1. The van der Waals surface area contributed by atoms with Gasteiger partial charge in [0.1, 0.15) is 35.6 Å². The molecule has 3 N–H and O–H groups in total. The highest BCUT2D eigenvalue weighted by molar-refractivity contribution is 5.96. The molecule has 2 atom stereocenters. The highest BCUT2D eigenvalue weighted by Gasteiger charge is 2.22. The van der Waals surface area contributed by atoms with Crippen LogP contribution in [0.3, 0.4) is 0 Å². The summed E-state index contributed by atoms with van der Waals surface area (Å²) in [7, 11) is 0. The fraction of sp³-hybridized carbons (Fsp3) is 0.160. The molecule has 1 unspecified atom stereocenters. The summed E-state index contributed by atoms with van der Waals surface area (Å²) in [6, 6.07) is 28.8. The fourth-order valence-corrected chi connectivity index (χ4v) is 7.98. The van der Waals surface area contributed by atoms with Gasteiger partial charge in [0.15, 0.2) is 10.9 Å². The van der Waals surface area contributed by atoms with Crippen molar-refractivity contribution in [1.82, 2.24) is 14.9 Å². The molecule has 5 aromatic carbocycles. The molecule has 0 aliphatic carbocycles. The van der Waals surface area contributed by atoms with Crippen LogP contribution >= 0.6 is 0 Å². The maximum atomic E-state index is 13.6.